The molecule has 0 bridgehead atoms. The molecule has 0 fully saturated rings. The number of aromatic nitrogens is 3. The van der Waals surface area contributed by atoms with Crippen LogP contribution in [0.4, 0.5) is 0 Å². The Morgan fingerprint density at radius 2 is 2.19 bits per heavy atom. The fourth-order valence-corrected chi connectivity index (χ4v) is 4.07. The van der Waals surface area contributed by atoms with Gasteiger partial charge in [-0.25, -0.2) is 4.79 Å². The average Bonchev–Trinajstić information content (AvgIpc) is 3.02. The largest absolute Gasteiger partial charge is 0.496 e. The minimum absolute atomic E-state index is 0.205. The first-order valence-corrected chi connectivity index (χ1v) is 9.38. The number of likely N-dealkylation sites (N-methyl/N-ethyl adjacent to an activating group) is 1. The number of pyridine rings is 1. The lowest BCUT2D eigenvalue weighted by Gasteiger charge is -2.32. The van der Waals surface area contributed by atoms with Gasteiger partial charge in [0, 0.05) is 47.7 Å². The molecule has 2 heterocycles. The predicted octanol–water partition coefficient (Wildman–Crippen LogP) is 2.61. The number of hydrogen-bond donors (Lipinski definition) is 1. The normalized spacial score (nSPS) is 16.4. The molecule has 0 aliphatic heterocycles. The van der Waals surface area contributed by atoms with Gasteiger partial charge in [0.1, 0.15) is 5.75 Å². The Morgan fingerprint density at radius 3 is 2.81 bits per heavy atom. The number of aryl methyl sites for hydroxylation is 2. The van der Waals surface area contributed by atoms with E-state index < -0.39 is 5.97 Å². The topological polar surface area (TPSA) is 80.5 Å². The summed E-state index contributed by atoms with van der Waals surface area (Å²) in [5.74, 6) is -0.0562. The van der Waals surface area contributed by atoms with E-state index >= 15 is 0 Å². The summed E-state index contributed by atoms with van der Waals surface area (Å²) in [6.07, 6.45) is 4.38. The maximum atomic E-state index is 11.6. The van der Waals surface area contributed by atoms with E-state index in [1.54, 1.807) is 7.11 Å². The van der Waals surface area contributed by atoms with Crippen LogP contribution in [0.25, 0.3) is 0 Å². The molecule has 7 heteroatoms. The van der Waals surface area contributed by atoms with Gasteiger partial charge in [-0.05, 0) is 47.1 Å². The van der Waals surface area contributed by atoms with Crippen molar-refractivity contribution >= 4 is 5.97 Å². The third kappa shape index (κ3) is 3.56. The van der Waals surface area contributed by atoms with E-state index in [-0.39, 0.29) is 11.7 Å². The predicted molar refractivity (Wildman–Crippen MR) is 102 cm³/mol. The second-order valence-electron chi connectivity index (χ2n) is 7.25. The van der Waals surface area contributed by atoms with Crippen LogP contribution in [0.2, 0.25) is 0 Å². The second kappa shape index (κ2) is 7.68. The van der Waals surface area contributed by atoms with Gasteiger partial charge >= 0.3 is 5.97 Å². The van der Waals surface area contributed by atoms with Crippen molar-refractivity contribution in [3.05, 3.63) is 40.0 Å². The van der Waals surface area contributed by atoms with Gasteiger partial charge in [0.2, 0.25) is 0 Å². The molecule has 1 aliphatic rings. The van der Waals surface area contributed by atoms with Crippen LogP contribution in [0.1, 0.15) is 51.9 Å². The summed E-state index contributed by atoms with van der Waals surface area (Å²) < 4.78 is 7.35. The van der Waals surface area contributed by atoms with Crippen molar-refractivity contribution in [2.45, 2.75) is 59.2 Å². The van der Waals surface area contributed by atoms with E-state index in [2.05, 4.69) is 22.0 Å². The summed E-state index contributed by atoms with van der Waals surface area (Å²) in [6, 6.07) is 0.263. The molecule has 0 aromatic carbocycles. The number of aromatic carboxylic acids is 1. The Hall–Kier alpha value is -2.41. The zero-order valence-corrected chi connectivity index (χ0v) is 16.7. The maximum Gasteiger partial charge on any atom is 0.356 e. The molecule has 1 unspecified atom stereocenters. The molecular formula is C20H28N4O3. The highest BCUT2D eigenvalue weighted by Gasteiger charge is 2.30. The Kier molecular flexibility index (Phi) is 5.51. The lowest BCUT2D eigenvalue weighted by molar-refractivity contribution is 0.0687. The van der Waals surface area contributed by atoms with Crippen molar-refractivity contribution in [1.29, 1.82) is 0 Å². The highest BCUT2D eigenvalue weighted by atomic mass is 16.5. The molecule has 2 aromatic rings. The van der Waals surface area contributed by atoms with Crippen molar-refractivity contribution < 1.29 is 14.6 Å². The molecule has 1 aliphatic carbocycles. The molecule has 0 amide bonds. The first-order chi connectivity index (χ1) is 12.9. The van der Waals surface area contributed by atoms with Gasteiger partial charge < -0.3 is 9.84 Å². The van der Waals surface area contributed by atoms with Gasteiger partial charge in [-0.15, -0.1) is 0 Å². The lowest BCUT2D eigenvalue weighted by Crippen LogP contribution is -2.37. The van der Waals surface area contributed by atoms with Crippen LogP contribution in [0.15, 0.2) is 6.20 Å². The third-order valence-corrected chi connectivity index (χ3v) is 5.59. The fraction of sp³-hybridized carbons (Fsp3) is 0.550. The number of carbonyl (C=O) groups is 1. The van der Waals surface area contributed by atoms with E-state index in [9.17, 15) is 9.90 Å². The highest BCUT2D eigenvalue weighted by Crippen LogP contribution is 2.29. The molecule has 1 N–H and O–H groups in total. The molecule has 0 saturated carbocycles. The summed E-state index contributed by atoms with van der Waals surface area (Å²) in [6.45, 7) is 7.42. The number of methoxy groups -OCH3 is 1. The van der Waals surface area contributed by atoms with Crippen molar-refractivity contribution in [3.8, 4) is 5.75 Å². The molecule has 3 rings (SSSR count). The molecule has 1 atom stereocenters. The Bertz CT molecular complexity index is 859. The van der Waals surface area contributed by atoms with Crippen LogP contribution in [0.5, 0.6) is 5.75 Å². The van der Waals surface area contributed by atoms with E-state index in [0.717, 1.165) is 46.7 Å². The fourth-order valence-electron chi connectivity index (χ4n) is 4.07. The van der Waals surface area contributed by atoms with Crippen LogP contribution in [0, 0.1) is 13.8 Å². The van der Waals surface area contributed by atoms with Crippen molar-refractivity contribution in [1.82, 2.24) is 19.7 Å². The monoisotopic (exact) mass is 372 g/mol. The SMILES string of the molecule is CCn1nc(C(=O)O)c2c1CCC(N(C)Cc1ncc(C)c(OC)c1C)C2. The minimum Gasteiger partial charge on any atom is -0.496 e. The Morgan fingerprint density at radius 1 is 1.44 bits per heavy atom. The summed E-state index contributed by atoms with van der Waals surface area (Å²) in [4.78, 5) is 18.5. The van der Waals surface area contributed by atoms with Gasteiger partial charge in [-0.2, -0.15) is 5.10 Å². The van der Waals surface area contributed by atoms with Crippen molar-refractivity contribution in [2.24, 2.45) is 0 Å². The standard InChI is InChI=1S/C20H28N4O3/c1-6-24-17-8-7-14(9-15(17)18(22-24)20(25)26)23(4)11-16-13(3)19(27-5)12(2)10-21-16/h10,14H,6-9,11H2,1-5H3,(H,25,26). The summed E-state index contributed by atoms with van der Waals surface area (Å²) >= 11 is 0. The Labute approximate surface area is 160 Å². The first-order valence-electron chi connectivity index (χ1n) is 9.38. The van der Waals surface area contributed by atoms with E-state index in [4.69, 9.17) is 4.74 Å². The smallest absolute Gasteiger partial charge is 0.356 e. The number of ether oxygens (including phenoxy) is 1. The van der Waals surface area contributed by atoms with E-state index in [1.165, 1.54) is 0 Å². The molecule has 0 spiro atoms. The van der Waals surface area contributed by atoms with Crippen LogP contribution in [-0.4, -0.2) is 50.9 Å². The number of carboxylic acids is 1. The third-order valence-electron chi connectivity index (χ3n) is 5.59. The summed E-state index contributed by atoms with van der Waals surface area (Å²) in [7, 11) is 3.76. The second-order valence-corrected chi connectivity index (χ2v) is 7.25. The van der Waals surface area contributed by atoms with Gasteiger partial charge in [0.05, 0.1) is 12.8 Å². The number of fused-ring (bicyclic) bond motifs is 1. The van der Waals surface area contributed by atoms with Crippen LogP contribution in [-0.2, 0) is 25.9 Å². The quantitative estimate of drug-likeness (QED) is 0.840. The Balaban J connectivity index is 1.82. The van der Waals surface area contributed by atoms with Gasteiger partial charge in [-0.1, -0.05) is 0 Å². The molecule has 146 valence electrons. The minimum atomic E-state index is -0.942. The number of carboxylic acid groups (broad SMARTS) is 1. The van der Waals surface area contributed by atoms with Gasteiger partial charge in [-0.3, -0.25) is 14.6 Å². The number of rotatable bonds is 6. The van der Waals surface area contributed by atoms with Crippen molar-refractivity contribution in [2.75, 3.05) is 14.2 Å². The summed E-state index contributed by atoms with van der Waals surface area (Å²) in [5, 5.41) is 13.8. The van der Waals surface area contributed by atoms with E-state index in [0.29, 0.717) is 19.5 Å². The van der Waals surface area contributed by atoms with Crippen molar-refractivity contribution in [3.63, 3.8) is 0 Å². The first kappa shape index (κ1) is 19.4. The molecule has 27 heavy (non-hydrogen) atoms. The molecule has 2 aromatic heterocycles. The zero-order chi connectivity index (χ0) is 19.7. The van der Waals surface area contributed by atoms with Crippen LogP contribution < -0.4 is 4.74 Å². The highest BCUT2D eigenvalue weighted by molar-refractivity contribution is 5.87. The lowest BCUT2D eigenvalue weighted by atomic mass is 9.90. The van der Waals surface area contributed by atoms with Gasteiger partial charge in [0.25, 0.3) is 0 Å². The molecule has 0 radical (unpaired) electrons. The maximum absolute atomic E-state index is 11.6. The number of hydrogen-bond acceptors (Lipinski definition) is 5. The van der Waals surface area contributed by atoms with Gasteiger partial charge in [0.15, 0.2) is 5.69 Å². The number of nitrogens with zero attached hydrogens (tertiary/aromatic N) is 4. The molecular weight excluding hydrogens is 344 g/mol. The summed E-state index contributed by atoms with van der Waals surface area (Å²) in [5.41, 5.74) is 5.25. The van der Waals surface area contributed by atoms with Crippen LogP contribution >= 0.6 is 0 Å². The average molecular weight is 372 g/mol. The van der Waals surface area contributed by atoms with Crippen LogP contribution in [0.3, 0.4) is 0 Å². The zero-order valence-electron chi connectivity index (χ0n) is 16.7. The molecule has 7 nitrogen and oxygen atoms in total. The van der Waals surface area contributed by atoms with E-state index in [1.807, 2.05) is 31.6 Å². The molecule has 0 saturated heterocycles.